The van der Waals surface area contributed by atoms with Crippen LogP contribution in [0.2, 0.25) is 0 Å². The van der Waals surface area contributed by atoms with Crippen LogP contribution < -0.4 is 10.6 Å². The second-order valence-electron chi connectivity index (χ2n) is 4.85. The topological polar surface area (TPSA) is 101 Å². The first-order chi connectivity index (χ1) is 10.0. The minimum absolute atomic E-state index is 0.0302. The standard InChI is InChI=1S/C13H19N3O4S/c1-3-14-9-6-20-5-8(9)12(17)15-4-10-16-7(2)11(21-10)13(18)19/h8-9,14H,3-6H2,1-2H3,(H,15,17)(H,18,19). The third kappa shape index (κ3) is 3.78. The number of aryl methyl sites for hydroxylation is 1. The van der Waals surface area contributed by atoms with Crippen molar-refractivity contribution in [2.24, 2.45) is 5.92 Å². The van der Waals surface area contributed by atoms with Crippen molar-refractivity contribution in [3.63, 3.8) is 0 Å². The summed E-state index contributed by atoms with van der Waals surface area (Å²) in [5.74, 6) is -1.30. The molecule has 0 radical (unpaired) electrons. The number of nitrogens with zero attached hydrogens (tertiary/aromatic N) is 1. The van der Waals surface area contributed by atoms with Gasteiger partial charge in [-0.3, -0.25) is 4.79 Å². The Kier molecular flexibility index (Phi) is 5.27. The van der Waals surface area contributed by atoms with Gasteiger partial charge in [0.05, 0.1) is 31.4 Å². The maximum absolute atomic E-state index is 12.2. The van der Waals surface area contributed by atoms with E-state index in [0.717, 1.165) is 17.9 Å². The SMILES string of the molecule is CCNC1COCC1C(=O)NCc1nc(C)c(C(=O)O)s1. The Morgan fingerprint density at radius 1 is 1.48 bits per heavy atom. The summed E-state index contributed by atoms with van der Waals surface area (Å²) in [4.78, 5) is 27.5. The van der Waals surface area contributed by atoms with Crippen LogP contribution in [0.1, 0.15) is 27.3 Å². The van der Waals surface area contributed by atoms with E-state index in [1.807, 2.05) is 6.92 Å². The van der Waals surface area contributed by atoms with Crippen molar-refractivity contribution in [3.8, 4) is 0 Å². The van der Waals surface area contributed by atoms with Crippen molar-refractivity contribution in [2.45, 2.75) is 26.4 Å². The molecule has 21 heavy (non-hydrogen) atoms. The van der Waals surface area contributed by atoms with Gasteiger partial charge < -0.3 is 20.5 Å². The number of carbonyl (C=O) groups is 2. The van der Waals surface area contributed by atoms with E-state index in [0.29, 0.717) is 23.9 Å². The van der Waals surface area contributed by atoms with E-state index in [1.54, 1.807) is 6.92 Å². The third-order valence-electron chi connectivity index (χ3n) is 3.33. The van der Waals surface area contributed by atoms with Crippen molar-refractivity contribution in [3.05, 3.63) is 15.6 Å². The molecule has 1 saturated heterocycles. The van der Waals surface area contributed by atoms with Crippen molar-refractivity contribution < 1.29 is 19.4 Å². The number of carboxylic acid groups (broad SMARTS) is 1. The molecule has 0 saturated carbocycles. The van der Waals surface area contributed by atoms with Gasteiger partial charge in [0.25, 0.3) is 0 Å². The lowest BCUT2D eigenvalue weighted by Crippen LogP contribution is -2.43. The molecule has 8 heteroatoms. The first kappa shape index (κ1) is 15.9. The van der Waals surface area contributed by atoms with Crippen LogP contribution in [0.3, 0.4) is 0 Å². The average Bonchev–Trinajstić information content (AvgIpc) is 3.03. The summed E-state index contributed by atoms with van der Waals surface area (Å²) in [5.41, 5.74) is 0.478. The Hall–Kier alpha value is -1.51. The molecule has 3 N–H and O–H groups in total. The molecule has 2 heterocycles. The number of hydrogen-bond donors (Lipinski definition) is 3. The fraction of sp³-hybridized carbons (Fsp3) is 0.615. The highest BCUT2D eigenvalue weighted by Gasteiger charge is 2.33. The number of hydrogen-bond acceptors (Lipinski definition) is 6. The summed E-state index contributed by atoms with van der Waals surface area (Å²) < 4.78 is 5.34. The smallest absolute Gasteiger partial charge is 0.347 e. The average molecular weight is 313 g/mol. The molecule has 1 fully saturated rings. The van der Waals surface area contributed by atoms with E-state index in [-0.39, 0.29) is 29.3 Å². The summed E-state index contributed by atoms with van der Waals surface area (Å²) in [5, 5.41) is 15.6. The zero-order chi connectivity index (χ0) is 15.4. The summed E-state index contributed by atoms with van der Waals surface area (Å²) in [7, 11) is 0. The minimum atomic E-state index is -0.987. The Bertz CT molecular complexity index is 531. The summed E-state index contributed by atoms with van der Waals surface area (Å²) >= 11 is 1.09. The molecule has 2 unspecified atom stereocenters. The monoisotopic (exact) mass is 313 g/mol. The van der Waals surface area contributed by atoms with Crippen molar-refractivity contribution >= 4 is 23.2 Å². The van der Waals surface area contributed by atoms with E-state index < -0.39 is 5.97 Å². The van der Waals surface area contributed by atoms with Gasteiger partial charge in [0.1, 0.15) is 9.88 Å². The van der Waals surface area contributed by atoms with E-state index in [1.165, 1.54) is 0 Å². The zero-order valence-electron chi connectivity index (χ0n) is 12.0. The van der Waals surface area contributed by atoms with Gasteiger partial charge in [-0.15, -0.1) is 11.3 Å². The maximum atomic E-state index is 12.2. The van der Waals surface area contributed by atoms with Gasteiger partial charge in [0, 0.05) is 6.04 Å². The lowest BCUT2D eigenvalue weighted by Gasteiger charge is -2.17. The molecule has 1 aliphatic rings. The number of ether oxygens (including phenoxy) is 1. The van der Waals surface area contributed by atoms with Crippen LogP contribution in [-0.4, -0.2) is 47.8 Å². The number of likely N-dealkylation sites (N-methyl/N-ethyl adjacent to an activating group) is 1. The number of aromatic carboxylic acids is 1. The summed E-state index contributed by atoms with van der Waals surface area (Å²) in [6, 6.07) is 0.0302. The molecule has 1 aromatic heterocycles. The molecule has 7 nitrogen and oxygen atoms in total. The van der Waals surface area contributed by atoms with Crippen LogP contribution in [0.15, 0.2) is 0 Å². The Labute approximate surface area is 126 Å². The van der Waals surface area contributed by atoms with E-state index >= 15 is 0 Å². The van der Waals surface area contributed by atoms with Crippen molar-refractivity contribution in [1.82, 2.24) is 15.6 Å². The molecule has 1 amide bonds. The molecule has 0 aliphatic carbocycles. The highest BCUT2D eigenvalue weighted by atomic mass is 32.1. The number of rotatable bonds is 6. The maximum Gasteiger partial charge on any atom is 0.347 e. The first-order valence-corrected chi connectivity index (χ1v) is 7.63. The molecular weight excluding hydrogens is 294 g/mol. The van der Waals surface area contributed by atoms with Crippen LogP contribution in [0.4, 0.5) is 0 Å². The second-order valence-corrected chi connectivity index (χ2v) is 5.94. The number of carboxylic acids is 1. The first-order valence-electron chi connectivity index (χ1n) is 6.81. The van der Waals surface area contributed by atoms with Gasteiger partial charge in [-0.1, -0.05) is 6.92 Å². The molecule has 0 bridgehead atoms. The van der Waals surface area contributed by atoms with Crippen LogP contribution in [0.5, 0.6) is 0 Å². The van der Waals surface area contributed by atoms with Gasteiger partial charge in [-0.2, -0.15) is 0 Å². The third-order valence-corrected chi connectivity index (χ3v) is 4.48. The van der Waals surface area contributed by atoms with Gasteiger partial charge in [0.2, 0.25) is 5.91 Å². The predicted molar refractivity (Wildman–Crippen MR) is 77.4 cm³/mol. The highest BCUT2D eigenvalue weighted by Crippen LogP contribution is 2.18. The van der Waals surface area contributed by atoms with Crippen LogP contribution in [-0.2, 0) is 16.1 Å². The quantitative estimate of drug-likeness (QED) is 0.702. The lowest BCUT2D eigenvalue weighted by molar-refractivity contribution is -0.125. The highest BCUT2D eigenvalue weighted by molar-refractivity contribution is 7.13. The normalized spacial score (nSPS) is 21.4. The number of nitrogens with one attached hydrogen (secondary N) is 2. The zero-order valence-corrected chi connectivity index (χ0v) is 12.8. The Morgan fingerprint density at radius 3 is 2.86 bits per heavy atom. The molecule has 1 aliphatic heterocycles. The number of aromatic nitrogens is 1. The largest absolute Gasteiger partial charge is 0.477 e. The van der Waals surface area contributed by atoms with Crippen LogP contribution in [0, 0.1) is 12.8 Å². The molecule has 0 aromatic carbocycles. The van der Waals surface area contributed by atoms with Gasteiger partial charge in [-0.25, -0.2) is 9.78 Å². The molecular formula is C13H19N3O4S. The van der Waals surface area contributed by atoms with Crippen molar-refractivity contribution in [2.75, 3.05) is 19.8 Å². The molecule has 116 valence electrons. The molecule has 0 spiro atoms. The fourth-order valence-corrected chi connectivity index (χ4v) is 3.14. The molecule has 1 aromatic rings. The van der Waals surface area contributed by atoms with E-state index in [4.69, 9.17) is 9.84 Å². The molecule has 2 atom stereocenters. The Balaban J connectivity index is 1.92. The van der Waals surface area contributed by atoms with Gasteiger partial charge >= 0.3 is 5.97 Å². The van der Waals surface area contributed by atoms with E-state index in [9.17, 15) is 9.59 Å². The van der Waals surface area contributed by atoms with Crippen LogP contribution >= 0.6 is 11.3 Å². The predicted octanol–water partition coefficient (Wildman–Crippen LogP) is 0.390. The summed E-state index contributed by atoms with van der Waals surface area (Å²) in [6.45, 7) is 5.60. The molecule has 2 rings (SSSR count). The van der Waals surface area contributed by atoms with Gasteiger partial charge in [0.15, 0.2) is 0 Å². The number of amides is 1. The van der Waals surface area contributed by atoms with Crippen LogP contribution in [0.25, 0.3) is 0 Å². The van der Waals surface area contributed by atoms with Gasteiger partial charge in [-0.05, 0) is 13.5 Å². The summed E-state index contributed by atoms with van der Waals surface area (Å²) in [6.07, 6.45) is 0. The number of thiazole rings is 1. The second kappa shape index (κ2) is 6.97. The van der Waals surface area contributed by atoms with Crippen molar-refractivity contribution in [1.29, 1.82) is 0 Å². The fourth-order valence-electron chi connectivity index (χ4n) is 2.30. The lowest BCUT2D eigenvalue weighted by atomic mass is 10.0. The number of carbonyl (C=O) groups excluding carboxylic acids is 1. The minimum Gasteiger partial charge on any atom is -0.477 e. The Morgan fingerprint density at radius 2 is 2.24 bits per heavy atom. The van der Waals surface area contributed by atoms with E-state index in [2.05, 4.69) is 15.6 Å².